The van der Waals surface area contributed by atoms with Gasteiger partial charge in [-0.25, -0.2) is 0 Å². The Morgan fingerprint density at radius 3 is 2.65 bits per heavy atom. The molecule has 0 aliphatic carbocycles. The summed E-state index contributed by atoms with van der Waals surface area (Å²) >= 11 is 0. The van der Waals surface area contributed by atoms with Crippen molar-refractivity contribution in [2.45, 2.75) is 19.1 Å². The lowest BCUT2D eigenvalue weighted by Crippen LogP contribution is -2.34. The second kappa shape index (κ2) is 6.22. The standard InChI is InChI=1S/C19H21NO3/c21-17(15-5-6-18-19(11-15)23-10-9-22-18)13-20-8-7-14-3-1-2-4-16(14)12-20/h1-6,11,17,21H,7-10,12-13H2. The summed E-state index contributed by atoms with van der Waals surface area (Å²) < 4.78 is 11.1. The van der Waals surface area contributed by atoms with Crippen LogP contribution >= 0.6 is 0 Å². The van der Waals surface area contributed by atoms with Crippen LogP contribution in [0.25, 0.3) is 0 Å². The third-order valence-corrected chi connectivity index (χ3v) is 4.59. The number of aliphatic hydroxyl groups is 1. The van der Waals surface area contributed by atoms with Crippen LogP contribution in [0.3, 0.4) is 0 Å². The Labute approximate surface area is 136 Å². The summed E-state index contributed by atoms with van der Waals surface area (Å²) in [5, 5.41) is 10.6. The molecule has 0 fully saturated rings. The van der Waals surface area contributed by atoms with E-state index in [0.717, 1.165) is 36.6 Å². The zero-order chi connectivity index (χ0) is 15.6. The molecule has 2 aromatic rings. The van der Waals surface area contributed by atoms with Crippen LogP contribution in [0, 0.1) is 0 Å². The molecule has 1 atom stereocenters. The van der Waals surface area contributed by atoms with Gasteiger partial charge in [0.2, 0.25) is 0 Å². The van der Waals surface area contributed by atoms with Gasteiger partial charge in [-0.2, -0.15) is 0 Å². The molecule has 0 radical (unpaired) electrons. The van der Waals surface area contributed by atoms with E-state index in [1.165, 1.54) is 11.1 Å². The zero-order valence-electron chi connectivity index (χ0n) is 13.1. The van der Waals surface area contributed by atoms with Crippen LogP contribution in [-0.4, -0.2) is 36.3 Å². The van der Waals surface area contributed by atoms with E-state index < -0.39 is 6.10 Å². The fraction of sp³-hybridized carbons (Fsp3) is 0.368. The molecule has 2 heterocycles. The summed E-state index contributed by atoms with van der Waals surface area (Å²) in [5.74, 6) is 1.50. The molecule has 0 amide bonds. The highest BCUT2D eigenvalue weighted by Gasteiger charge is 2.21. The molecule has 120 valence electrons. The molecule has 4 nitrogen and oxygen atoms in total. The van der Waals surface area contributed by atoms with Crippen molar-refractivity contribution in [3.8, 4) is 11.5 Å². The van der Waals surface area contributed by atoms with E-state index >= 15 is 0 Å². The molecule has 0 saturated heterocycles. The fourth-order valence-corrected chi connectivity index (χ4v) is 3.33. The number of aliphatic hydroxyl groups excluding tert-OH is 1. The Morgan fingerprint density at radius 1 is 1.00 bits per heavy atom. The number of β-amino-alcohol motifs (C(OH)–C–C–N with tert-alkyl or cyclic N) is 1. The molecule has 1 N–H and O–H groups in total. The van der Waals surface area contributed by atoms with Gasteiger partial charge in [-0.05, 0) is 35.2 Å². The minimum atomic E-state index is -0.518. The van der Waals surface area contributed by atoms with Crippen LogP contribution in [0.2, 0.25) is 0 Å². The molecule has 1 unspecified atom stereocenters. The van der Waals surface area contributed by atoms with Crippen molar-refractivity contribution >= 4 is 0 Å². The van der Waals surface area contributed by atoms with E-state index in [1.54, 1.807) is 0 Å². The summed E-state index contributed by atoms with van der Waals surface area (Å²) in [7, 11) is 0. The molecule has 0 bridgehead atoms. The number of nitrogens with zero attached hydrogens (tertiary/aromatic N) is 1. The number of hydrogen-bond donors (Lipinski definition) is 1. The van der Waals surface area contributed by atoms with Gasteiger partial charge in [-0.3, -0.25) is 4.90 Å². The molecule has 4 rings (SSSR count). The van der Waals surface area contributed by atoms with Gasteiger partial charge >= 0.3 is 0 Å². The first-order valence-corrected chi connectivity index (χ1v) is 8.16. The Morgan fingerprint density at radius 2 is 1.78 bits per heavy atom. The summed E-state index contributed by atoms with van der Waals surface area (Å²) in [6.07, 6.45) is 0.528. The summed E-state index contributed by atoms with van der Waals surface area (Å²) in [6, 6.07) is 14.3. The quantitative estimate of drug-likeness (QED) is 0.946. The Balaban J connectivity index is 1.45. The lowest BCUT2D eigenvalue weighted by molar-refractivity contribution is 0.105. The molecule has 2 aliphatic heterocycles. The lowest BCUT2D eigenvalue weighted by atomic mass is 9.99. The monoisotopic (exact) mass is 311 g/mol. The van der Waals surface area contributed by atoms with Crippen LogP contribution in [0.4, 0.5) is 0 Å². The van der Waals surface area contributed by atoms with E-state index in [0.29, 0.717) is 19.8 Å². The first-order chi connectivity index (χ1) is 11.3. The molecule has 4 heteroatoms. The Kier molecular flexibility index (Phi) is 3.93. The van der Waals surface area contributed by atoms with Crippen molar-refractivity contribution in [3.05, 3.63) is 59.2 Å². The first kappa shape index (κ1) is 14.5. The van der Waals surface area contributed by atoms with Crippen molar-refractivity contribution in [1.29, 1.82) is 0 Å². The van der Waals surface area contributed by atoms with E-state index in [9.17, 15) is 5.11 Å². The van der Waals surface area contributed by atoms with E-state index in [2.05, 4.69) is 29.2 Å². The highest BCUT2D eigenvalue weighted by atomic mass is 16.6. The summed E-state index contributed by atoms with van der Waals surface area (Å²) in [4.78, 5) is 2.31. The molecule has 23 heavy (non-hydrogen) atoms. The van der Waals surface area contributed by atoms with Crippen molar-refractivity contribution in [3.63, 3.8) is 0 Å². The van der Waals surface area contributed by atoms with Gasteiger partial charge in [0.05, 0.1) is 6.10 Å². The number of hydrogen-bond acceptors (Lipinski definition) is 4. The van der Waals surface area contributed by atoms with Gasteiger partial charge in [-0.15, -0.1) is 0 Å². The van der Waals surface area contributed by atoms with Crippen LogP contribution in [0.5, 0.6) is 11.5 Å². The maximum atomic E-state index is 10.6. The van der Waals surface area contributed by atoms with E-state index in [4.69, 9.17) is 9.47 Å². The van der Waals surface area contributed by atoms with Crippen molar-refractivity contribution in [2.24, 2.45) is 0 Å². The third kappa shape index (κ3) is 3.05. The highest BCUT2D eigenvalue weighted by molar-refractivity contribution is 5.44. The molecule has 0 saturated carbocycles. The van der Waals surface area contributed by atoms with Gasteiger partial charge in [0.25, 0.3) is 0 Å². The third-order valence-electron chi connectivity index (χ3n) is 4.59. The minimum absolute atomic E-state index is 0.518. The van der Waals surface area contributed by atoms with Crippen LogP contribution in [0.15, 0.2) is 42.5 Å². The lowest BCUT2D eigenvalue weighted by Gasteiger charge is -2.30. The van der Waals surface area contributed by atoms with Gasteiger partial charge < -0.3 is 14.6 Å². The minimum Gasteiger partial charge on any atom is -0.486 e. The second-order valence-electron chi connectivity index (χ2n) is 6.17. The van der Waals surface area contributed by atoms with Gasteiger partial charge in [-0.1, -0.05) is 30.3 Å². The molecule has 2 aliphatic rings. The van der Waals surface area contributed by atoms with Crippen molar-refractivity contribution in [1.82, 2.24) is 4.90 Å². The Bertz CT molecular complexity index is 701. The predicted molar refractivity (Wildman–Crippen MR) is 87.8 cm³/mol. The predicted octanol–water partition coefficient (Wildman–Crippen LogP) is 2.55. The number of benzene rings is 2. The average Bonchev–Trinajstić information content (AvgIpc) is 2.61. The number of ether oxygens (including phenoxy) is 2. The molecule has 0 aromatic heterocycles. The first-order valence-electron chi connectivity index (χ1n) is 8.16. The van der Waals surface area contributed by atoms with Crippen LogP contribution < -0.4 is 9.47 Å². The molecule has 0 spiro atoms. The van der Waals surface area contributed by atoms with Crippen molar-refractivity contribution in [2.75, 3.05) is 26.3 Å². The maximum absolute atomic E-state index is 10.6. The SMILES string of the molecule is OC(CN1CCc2ccccc2C1)c1ccc2c(c1)OCCO2. The number of fused-ring (bicyclic) bond motifs is 2. The average molecular weight is 311 g/mol. The smallest absolute Gasteiger partial charge is 0.161 e. The normalized spacial score (nSPS) is 18.3. The van der Waals surface area contributed by atoms with Crippen LogP contribution in [-0.2, 0) is 13.0 Å². The molecular formula is C19H21NO3. The maximum Gasteiger partial charge on any atom is 0.161 e. The van der Waals surface area contributed by atoms with Gasteiger partial charge in [0, 0.05) is 19.6 Å². The fourth-order valence-electron chi connectivity index (χ4n) is 3.33. The van der Waals surface area contributed by atoms with E-state index in [1.807, 2.05) is 18.2 Å². The molecule has 2 aromatic carbocycles. The molecular weight excluding hydrogens is 290 g/mol. The van der Waals surface area contributed by atoms with Crippen molar-refractivity contribution < 1.29 is 14.6 Å². The van der Waals surface area contributed by atoms with Gasteiger partial charge in [0.15, 0.2) is 11.5 Å². The second-order valence-corrected chi connectivity index (χ2v) is 6.17. The van der Waals surface area contributed by atoms with Crippen LogP contribution in [0.1, 0.15) is 22.8 Å². The zero-order valence-corrected chi connectivity index (χ0v) is 13.1. The highest BCUT2D eigenvalue weighted by Crippen LogP contribution is 2.33. The largest absolute Gasteiger partial charge is 0.486 e. The Hall–Kier alpha value is -2.04. The summed E-state index contributed by atoms with van der Waals surface area (Å²) in [6.45, 7) is 3.67. The number of rotatable bonds is 3. The van der Waals surface area contributed by atoms with Gasteiger partial charge in [0.1, 0.15) is 13.2 Å². The topological polar surface area (TPSA) is 41.9 Å². The van der Waals surface area contributed by atoms with E-state index in [-0.39, 0.29) is 0 Å². The summed E-state index contributed by atoms with van der Waals surface area (Å²) in [5.41, 5.74) is 3.68.